The van der Waals surface area contributed by atoms with Crippen LogP contribution in [0.15, 0.2) is 59.3 Å². The predicted octanol–water partition coefficient (Wildman–Crippen LogP) is 4.97. The molecule has 0 aliphatic carbocycles. The summed E-state index contributed by atoms with van der Waals surface area (Å²) in [6.45, 7) is 0. The van der Waals surface area contributed by atoms with Gasteiger partial charge in [0, 0.05) is 16.5 Å². The standard InChI is InChI=1S/C20H14N2O3S/c1-24-18-10-13(11-23)6-7-17(18)25-20-15-4-2-3-5-16(15)21-19(22-20)14-8-9-26-12-14/h2-12H,1H3. The van der Waals surface area contributed by atoms with Gasteiger partial charge in [-0.1, -0.05) is 12.1 Å². The summed E-state index contributed by atoms with van der Waals surface area (Å²) in [4.78, 5) is 20.2. The fraction of sp³-hybridized carbons (Fsp3) is 0.0500. The lowest BCUT2D eigenvalue weighted by atomic mass is 10.2. The van der Waals surface area contributed by atoms with E-state index in [1.54, 1.807) is 29.5 Å². The molecule has 0 aliphatic heterocycles. The molecular weight excluding hydrogens is 348 g/mol. The van der Waals surface area contributed by atoms with Crippen molar-refractivity contribution in [2.45, 2.75) is 0 Å². The summed E-state index contributed by atoms with van der Waals surface area (Å²) in [5.41, 5.74) is 2.25. The molecule has 6 heteroatoms. The van der Waals surface area contributed by atoms with Gasteiger partial charge in [0.1, 0.15) is 6.29 Å². The van der Waals surface area contributed by atoms with E-state index in [0.717, 1.165) is 22.8 Å². The van der Waals surface area contributed by atoms with Crippen LogP contribution in [0.3, 0.4) is 0 Å². The number of methoxy groups -OCH3 is 1. The zero-order chi connectivity index (χ0) is 17.9. The van der Waals surface area contributed by atoms with Gasteiger partial charge in [-0.2, -0.15) is 16.3 Å². The molecule has 0 fully saturated rings. The molecule has 4 rings (SSSR count). The van der Waals surface area contributed by atoms with Crippen molar-refractivity contribution in [1.82, 2.24) is 9.97 Å². The Balaban J connectivity index is 1.84. The summed E-state index contributed by atoms with van der Waals surface area (Å²) in [5, 5.41) is 4.77. The lowest BCUT2D eigenvalue weighted by molar-refractivity contribution is 0.112. The fourth-order valence-corrected chi connectivity index (χ4v) is 3.23. The van der Waals surface area contributed by atoms with Crippen molar-refractivity contribution in [1.29, 1.82) is 0 Å². The number of hydrogen-bond acceptors (Lipinski definition) is 6. The number of rotatable bonds is 5. The molecule has 2 heterocycles. The SMILES string of the molecule is COc1cc(C=O)ccc1Oc1nc(-c2ccsc2)nc2ccccc12. The van der Waals surface area contributed by atoms with Crippen LogP contribution in [0.25, 0.3) is 22.3 Å². The number of carbonyl (C=O) groups is 1. The Morgan fingerprint density at radius 2 is 1.92 bits per heavy atom. The molecule has 0 bridgehead atoms. The van der Waals surface area contributed by atoms with Crippen molar-refractivity contribution in [2.24, 2.45) is 0 Å². The summed E-state index contributed by atoms with van der Waals surface area (Å²) in [6.07, 6.45) is 0.765. The van der Waals surface area contributed by atoms with E-state index < -0.39 is 0 Å². The van der Waals surface area contributed by atoms with Gasteiger partial charge >= 0.3 is 0 Å². The first kappa shape index (κ1) is 16.2. The number of para-hydroxylation sites is 1. The average Bonchev–Trinajstić information content (AvgIpc) is 3.23. The second-order valence-electron chi connectivity index (χ2n) is 5.51. The number of benzene rings is 2. The van der Waals surface area contributed by atoms with Gasteiger partial charge < -0.3 is 9.47 Å². The minimum absolute atomic E-state index is 0.439. The van der Waals surface area contributed by atoms with Crippen LogP contribution in [0, 0.1) is 0 Å². The van der Waals surface area contributed by atoms with Crippen molar-refractivity contribution in [3.63, 3.8) is 0 Å². The summed E-state index contributed by atoms with van der Waals surface area (Å²) in [5.74, 6) is 1.99. The van der Waals surface area contributed by atoms with E-state index in [1.165, 1.54) is 7.11 Å². The van der Waals surface area contributed by atoms with Gasteiger partial charge in [0.2, 0.25) is 5.88 Å². The van der Waals surface area contributed by atoms with Gasteiger partial charge in [-0.25, -0.2) is 4.98 Å². The molecule has 128 valence electrons. The number of aromatic nitrogens is 2. The third-order valence-corrected chi connectivity index (χ3v) is 4.56. The molecule has 26 heavy (non-hydrogen) atoms. The van der Waals surface area contributed by atoms with Crippen LogP contribution in [-0.2, 0) is 0 Å². The van der Waals surface area contributed by atoms with Crippen molar-refractivity contribution in [2.75, 3.05) is 7.11 Å². The average molecular weight is 362 g/mol. The quantitative estimate of drug-likeness (QED) is 0.469. The van der Waals surface area contributed by atoms with Crippen LogP contribution in [0.1, 0.15) is 10.4 Å². The highest BCUT2D eigenvalue weighted by molar-refractivity contribution is 7.08. The molecule has 4 aromatic rings. The maximum Gasteiger partial charge on any atom is 0.230 e. The lowest BCUT2D eigenvalue weighted by Gasteiger charge is -2.12. The van der Waals surface area contributed by atoms with E-state index in [9.17, 15) is 4.79 Å². The highest BCUT2D eigenvalue weighted by atomic mass is 32.1. The first-order valence-corrected chi connectivity index (χ1v) is 8.83. The van der Waals surface area contributed by atoms with Crippen LogP contribution in [0.4, 0.5) is 0 Å². The summed E-state index contributed by atoms with van der Waals surface area (Å²) in [6, 6.07) is 14.6. The molecule has 0 N–H and O–H groups in total. The Morgan fingerprint density at radius 1 is 1.04 bits per heavy atom. The van der Waals surface area contributed by atoms with Crippen LogP contribution >= 0.6 is 11.3 Å². The molecule has 0 spiro atoms. The zero-order valence-electron chi connectivity index (χ0n) is 13.9. The molecule has 0 saturated heterocycles. The number of aldehydes is 1. The third kappa shape index (κ3) is 3.02. The molecule has 0 atom stereocenters. The maximum atomic E-state index is 11.0. The Labute approximate surface area is 153 Å². The number of carbonyl (C=O) groups excluding carboxylic acids is 1. The molecule has 5 nitrogen and oxygen atoms in total. The second-order valence-corrected chi connectivity index (χ2v) is 6.29. The number of hydrogen-bond donors (Lipinski definition) is 0. The Kier molecular flexibility index (Phi) is 4.33. The zero-order valence-corrected chi connectivity index (χ0v) is 14.7. The summed E-state index contributed by atoms with van der Waals surface area (Å²) < 4.78 is 11.4. The third-order valence-electron chi connectivity index (χ3n) is 3.88. The van der Waals surface area contributed by atoms with Gasteiger partial charge in [-0.3, -0.25) is 4.79 Å². The smallest absolute Gasteiger partial charge is 0.230 e. The van der Waals surface area contributed by atoms with E-state index >= 15 is 0 Å². The van der Waals surface area contributed by atoms with E-state index in [1.807, 2.05) is 41.1 Å². The van der Waals surface area contributed by atoms with Crippen LogP contribution in [-0.4, -0.2) is 23.4 Å². The van der Waals surface area contributed by atoms with Gasteiger partial charge in [0.15, 0.2) is 17.3 Å². The number of thiophene rings is 1. The molecule has 2 aromatic carbocycles. The maximum absolute atomic E-state index is 11.0. The normalized spacial score (nSPS) is 10.7. The number of ether oxygens (including phenoxy) is 2. The second kappa shape index (κ2) is 6.93. The van der Waals surface area contributed by atoms with Crippen LogP contribution in [0.2, 0.25) is 0 Å². The van der Waals surface area contributed by atoms with E-state index in [4.69, 9.17) is 9.47 Å². The number of fused-ring (bicyclic) bond motifs is 1. The Bertz CT molecular complexity index is 1080. The largest absolute Gasteiger partial charge is 0.493 e. The first-order chi connectivity index (χ1) is 12.8. The summed E-state index contributed by atoms with van der Waals surface area (Å²) in [7, 11) is 1.53. The fourth-order valence-electron chi connectivity index (χ4n) is 2.59. The van der Waals surface area contributed by atoms with Gasteiger partial charge in [-0.05, 0) is 41.8 Å². The molecule has 0 radical (unpaired) electrons. The van der Waals surface area contributed by atoms with Gasteiger partial charge in [0.25, 0.3) is 0 Å². The highest BCUT2D eigenvalue weighted by Crippen LogP contribution is 2.35. The Hall–Kier alpha value is -3.25. The minimum Gasteiger partial charge on any atom is -0.493 e. The molecule has 0 aliphatic rings. The van der Waals surface area contributed by atoms with Crippen molar-refractivity contribution in [3.05, 3.63) is 64.9 Å². The first-order valence-electron chi connectivity index (χ1n) is 7.89. The van der Waals surface area contributed by atoms with E-state index in [2.05, 4.69) is 9.97 Å². The lowest BCUT2D eigenvalue weighted by Crippen LogP contribution is -1.97. The number of nitrogens with zero attached hydrogens (tertiary/aromatic N) is 2. The van der Waals surface area contributed by atoms with E-state index in [-0.39, 0.29) is 0 Å². The van der Waals surface area contributed by atoms with Crippen molar-refractivity contribution in [3.8, 4) is 28.8 Å². The Morgan fingerprint density at radius 3 is 2.69 bits per heavy atom. The molecule has 2 aromatic heterocycles. The van der Waals surface area contributed by atoms with Gasteiger partial charge in [0.05, 0.1) is 18.0 Å². The topological polar surface area (TPSA) is 61.3 Å². The molecule has 0 unspecified atom stereocenters. The molecule has 0 amide bonds. The molecular formula is C20H14N2O3S. The molecule has 0 saturated carbocycles. The van der Waals surface area contributed by atoms with E-state index in [0.29, 0.717) is 28.8 Å². The highest BCUT2D eigenvalue weighted by Gasteiger charge is 2.14. The van der Waals surface area contributed by atoms with Crippen LogP contribution < -0.4 is 9.47 Å². The van der Waals surface area contributed by atoms with Crippen LogP contribution in [0.5, 0.6) is 17.4 Å². The summed E-state index contributed by atoms with van der Waals surface area (Å²) >= 11 is 1.59. The predicted molar refractivity (Wildman–Crippen MR) is 101 cm³/mol. The van der Waals surface area contributed by atoms with Crippen molar-refractivity contribution >= 4 is 28.5 Å². The van der Waals surface area contributed by atoms with Gasteiger partial charge in [-0.15, -0.1) is 0 Å². The minimum atomic E-state index is 0.439. The monoisotopic (exact) mass is 362 g/mol. The van der Waals surface area contributed by atoms with Crippen molar-refractivity contribution < 1.29 is 14.3 Å².